The summed E-state index contributed by atoms with van der Waals surface area (Å²) < 4.78 is 24.0. The fourth-order valence-electron chi connectivity index (χ4n) is 11.5. The molecule has 0 amide bonds. The van der Waals surface area contributed by atoms with Gasteiger partial charge in [-0.15, -0.1) is 0 Å². The summed E-state index contributed by atoms with van der Waals surface area (Å²) in [6.45, 7) is 20.3. The van der Waals surface area contributed by atoms with E-state index in [1.165, 1.54) is 173 Å². The van der Waals surface area contributed by atoms with Crippen molar-refractivity contribution in [2.24, 2.45) is 29.1 Å². The first-order chi connectivity index (χ1) is 36.9. The molecule has 8 heteroatoms. The molecule has 0 aromatic rings. The van der Waals surface area contributed by atoms with Crippen LogP contribution in [0, 0.1) is 29.1 Å². The van der Waals surface area contributed by atoms with Crippen LogP contribution in [0.15, 0.2) is 0 Å². The summed E-state index contributed by atoms with van der Waals surface area (Å²) in [4.78, 5) is 41.9. The molecule has 8 nitrogen and oxygen atoms in total. The molecule has 1 N–H and O–H groups in total. The Labute approximate surface area is 473 Å². The number of aliphatic hydroxyl groups excluding tert-OH is 1. The maximum absolute atomic E-state index is 14.9. The summed E-state index contributed by atoms with van der Waals surface area (Å²) in [7, 11) is 0. The molecule has 0 aliphatic heterocycles. The molecule has 452 valence electrons. The molecule has 0 saturated heterocycles. The van der Waals surface area contributed by atoms with Gasteiger partial charge in [0.05, 0.1) is 38.3 Å². The Balaban J connectivity index is 5.53. The largest absolute Gasteiger partial charge is 0.466 e. The van der Waals surface area contributed by atoms with Crippen LogP contribution in [0.2, 0.25) is 0 Å². The van der Waals surface area contributed by atoms with Gasteiger partial charge < -0.3 is 24.1 Å². The fourth-order valence-corrected chi connectivity index (χ4v) is 11.5. The van der Waals surface area contributed by atoms with Crippen molar-refractivity contribution in [3.05, 3.63) is 0 Å². The minimum absolute atomic E-state index is 0.110. The Kier molecular flexibility index (Phi) is 52.8. The Morgan fingerprint density at radius 2 is 0.737 bits per heavy atom. The average Bonchev–Trinajstić information content (AvgIpc) is 3.39. The van der Waals surface area contributed by atoms with Crippen LogP contribution in [0.5, 0.6) is 0 Å². The lowest BCUT2D eigenvalue weighted by Gasteiger charge is -2.43. The molecule has 0 aliphatic rings. The van der Waals surface area contributed by atoms with Crippen molar-refractivity contribution in [3.8, 4) is 0 Å². The van der Waals surface area contributed by atoms with E-state index in [0.717, 1.165) is 121 Å². The van der Waals surface area contributed by atoms with Crippen molar-refractivity contribution in [1.29, 1.82) is 0 Å². The molecule has 0 fully saturated rings. The predicted molar refractivity (Wildman–Crippen MR) is 324 cm³/mol. The zero-order valence-corrected chi connectivity index (χ0v) is 52.4. The molecular formula is C68H132O8. The van der Waals surface area contributed by atoms with Crippen LogP contribution in [-0.4, -0.2) is 61.6 Å². The van der Waals surface area contributed by atoms with Gasteiger partial charge in [0.25, 0.3) is 0 Å². The molecule has 0 spiro atoms. The van der Waals surface area contributed by atoms with Crippen molar-refractivity contribution in [3.63, 3.8) is 0 Å². The van der Waals surface area contributed by atoms with Gasteiger partial charge in [-0.1, -0.05) is 313 Å². The summed E-state index contributed by atoms with van der Waals surface area (Å²) in [5.74, 6) is 0.501. The standard InChI is InChI=1S/C68H132O8/c1-10-13-16-17-34-39-46-53-68(61(8)51-42-14-11-2,62(9)52-43-15-12-3)67(72)76-63(57-69)58-75-64(66(71)74-55-48-41-36-31-27-23-19-21-25-29-33-38-45-50-60(6)7)56-65(70)73-54-47-40-35-30-26-22-18-20-24-28-32-37-44-49-59(4)5/h59-64,69H,10-58H2,1-9H3. The summed E-state index contributed by atoms with van der Waals surface area (Å²) in [5.41, 5.74) is -0.695. The SMILES string of the molecule is CCCCCCCCCC(C(=O)OC(CO)COC(CC(=O)OCCCCCCCCCCCCCCCC(C)C)C(=O)OCCCCCCCCCCCCCCCC(C)C)(C(C)CCCCC)C(C)CCCCC. The molecular weight excluding hydrogens is 945 g/mol. The number of hydrogen-bond donors (Lipinski definition) is 1. The van der Waals surface area contributed by atoms with Gasteiger partial charge in [0.1, 0.15) is 6.10 Å². The molecule has 0 bridgehead atoms. The van der Waals surface area contributed by atoms with Crippen molar-refractivity contribution in [2.45, 2.75) is 363 Å². The van der Waals surface area contributed by atoms with Crippen molar-refractivity contribution in [1.82, 2.24) is 0 Å². The van der Waals surface area contributed by atoms with E-state index < -0.39 is 36.2 Å². The van der Waals surface area contributed by atoms with Gasteiger partial charge in [-0.05, 0) is 55.8 Å². The second kappa shape index (κ2) is 53.9. The Morgan fingerprint density at radius 1 is 0.408 bits per heavy atom. The number of rotatable bonds is 59. The van der Waals surface area contributed by atoms with E-state index in [2.05, 4.69) is 62.3 Å². The average molecular weight is 1080 g/mol. The normalized spacial score (nSPS) is 14.2. The van der Waals surface area contributed by atoms with Gasteiger partial charge in [0, 0.05) is 0 Å². The second-order valence-electron chi connectivity index (χ2n) is 24.9. The van der Waals surface area contributed by atoms with Crippen LogP contribution in [-0.2, 0) is 33.3 Å². The second-order valence-corrected chi connectivity index (χ2v) is 24.9. The van der Waals surface area contributed by atoms with Crippen molar-refractivity contribution < 1.29 is 38.4 Å². The quantitative estimate of drug-likeness (QED) is 0.0365. The van der Waals surface area contributed by atoms with Crippen LogP contribution in [0.1, 0.15) is 351 Å². The molecule has 0 aromatic heterocycles. The molecule has 4 unspecified atom stereocenters. The zero-order chi connectivity index (χ0) is 56.2. The van der Waals surface area contributed by atoms with Gasteiger partial charge in [0.15, 0.2) is 6.10 Å². The van der Waals surface area contributed by atoms with E-state index >= 15 is 0 Å². The molecule has 0 rings (SSSR count). The third kappa shape index (κ3) is 42.2. The highest BCUT2D eigenvalue weighted by atomic mass is 16.6. The minimum atomic E-state index is -1.22. The summed E-state index contributed by atoms with van der Waals surface area (Å²) >= 11 is 0. The Hall–Kier alpha value is -1.67. The van der Waals surface area contributed by atoms with Crippen LogP contribution >= 0.6 is 0 Å². The van der Waals surface area contributed by atoms with Crippen LogP contribution in [0.4, 0.5) is 0 Å². The summed E-state index contributed by atoms with van der Waals surface area (Å²) in [6, 6.07) is 0. The number of aliphatic hydroxyl groups is 1. The molecule has 0 saturated carbocycles. The minimum Gasteiger partial charge on any atom is -0.466 e. The third-order valence-electron chi connectivity index (χ3n) is 16.7. The predicted octanol–water partition coefficient (Wildman–Crippen LogP) is 20.5. The monoisotopic (exact) mass is 1080 g/mol. The van der Waals surface area contributed by atoms with Gasteiger partial charge in [-0.2, -0.15) is 0 Å². The van der Waals surface area contributed by atoms with Gasteiger partial charge in [-0.25, -0.2) is 4.79 Å². The summed E-state index contributed by atoms with van der Waals surface area (Å²) in [6.07, 6.45) is 50.0. The van der Waals surface area contributed by atoms with E-state index in [0.29, 0.717) is 6.61 Å². The smallest absolute Gasteiger partial charge is 0.335 e. The Bertz CT molecular complexity index is 1250. The first kappa shape index (κ1) is 74.3. The number of hydrogen-bond acceptors (Lipinski definition) is 8. The summed E-state index contributed by atoms with van der Waals surface area (Å²) in [5, 5.41) is 10.7. The van der Waals surface area contributed by atoms with E-state index in [4.69, 9.17) is 18.9 Å². The third-order valence-corrected chi connectivity index (χ3v) is 16.7. The first-order valence-electron chi connectivity index (χ1n) is 33.6. The molecule has 0 aromatic carbocycles. The molecule has 4 atom stereocenters. The number of carbonyl (C=O) groups excluding carboxylic acids is 3. The fraction of sp³-hybridized carbons (Fsp3) is 0.956. The maximum Gasteiger partial charge on any atom is 0.335 e. The van der Waals surface area contributed by atoms with Crippen molar-refractivity contribution >= 4 is 17.9 Å². The number of ether oxygens (including phenoxy) is 4. The molecule has 0 aliphatic carbocycles. The van der Waals surface area contributed by atoms with Gasteiger partial charge in [-0.3, -0.25) is 9.59 Å². The van der Waals surface area contributed by atoms with Gasteiger partial charge in [0.2, 0.25) is 0 Å². The number of carbonyl (C=O) groups is 3. The lowest BCUT2D eigenvalue weighted by atomic mass is 9.62. The van der Waals surface area contributed by atoms with Crippen LogP contribution in [0.25, 0.3) is 0 Å². The topological polar surface area (TPSA) is 108 Å². The lowest BCUT2D eigenvalue weighted by Crippen LogP contribution is -2.47. The van der Waals surface area contributed by atoms with Crippen LogP contribution < -0.4 is 0 Å². The zero-order valence-electron chi connectivity index (χ0n) is 52.4. The number of unbranched alkanes of at least 4 members (excludes halogenated alkanes) is 34. The van der Waals surface area contributed by atoms with E-state index in [-0.39, 0.29) is 37.4 Å². The van der Waals surface area contributed by atoms with Crippen molar-refractivity contribution in [2.75, 3.05) is 26.4 Å². The highest BCUT2D eigenvalue weighted by Gasteiger charge is 2.48. The highest BCUT2D eigenvalue weighted by Crippen LogP contribution is 2.47. The van der Waals surface area contributed by atoms with E-state index in [1.54, 1.807) is 0 Å². The first-order valence-corrected chi connectivity index (χ1v) is 33.6. The Morgan fingerprint density at radius 3 is 1.12 bits per heavy atom. The lowest BCUT2D eigenvalue weighted by molar-refractivity contribution is -0.181. The molecule has 76 heavy (non-hydrogen) atoms. The molecule has 0 radical (unpaired) electrons. The maximum atomic E-state index is 14.9. The van der Waals surface area contributed by atoms with E-state index in [1.807, 2.05) is 0 Å². The van der Waals surface area contributed by atoms with Crippen LogP contribution in [0.3, 0.4) is 0 Å². The highest BCUT2D eigenvalue weighted by molar-refractivity contribution is 5.82. The van der Waals surface area contributed by atoms with Gasteiger partial charge >= 0.3 is 17.9 Å². The number of esters is 3. The molecule has 0 heterocycles. The van der Waals surface area contributed by atoms with E-state index in [9.17, 15) is 19.5 Å².